The highest BCUT2D eigenvalue weighted by Crippen LogP contribution is 2.44. The zero-order valence-corrected chi connectivity index (χ0v) is 21.2. The lowest BCUT2D eigenvalue weighted by molar-refractivity contribution is -0.132. The highest BCUT2D eigenvalue weighted by Gasteiger charge is 2.49. The Balaban J connectivity index is 1.75. The van der Waals surface area contributed by atoms with Crippen molar-refractivity contribution in [2.75, 3.05) is 12.0 Å². The largest absolute Gasteiger partial charge is 0.507 e. The number of aryl methyl sites for hydroxylation is 1. The Hall–Kier alpha value is -4.04. The average molecular weight is 500 g/mol. The van der Waals surface area contributed by atoms with Crippen LogP contribution in [-0.2, 0) is 9.59 Å². The Labute approximate surface area is 212 Å². The number of hydrogen-bond donors (Lipinski definition) is 1. The van der Waals surface area contributed by atoms with E-state index in [9.17, 15) is 14.7 Å². The molecule has 1 aliphatic heterocycles. The van der Waals surface area contributed by atoms with Crippen molar-refractivity contribution in [1.82, 2.24) is 9.97 Å². The molecule has 0 bridgehead atoms. The topological polar surface area (TPSA) is 92.6 Å². The number of para-hydroxylation sites is 1. The van der Waals surface area contributed by atoms with Gasteiger partial charge in [-0.1, -0.05) is 43.4 Å². The number of carbonyl (C=O) groups excluding carboxylic acids is 2. The van der Waals surface area contributed by atoms with Crippen LogP contribution >= 0.6 is 11.3 Å². The minimum absolute atomic E-state index is 0.0130. The number of aromatic nitrogens is 2. The van der Waals surface area contributed by atoms with Crippen LogP contribution in [0.5, 0.6) is 5.75 Å². The van der Waals surface area contributed by atoms with E-state index in [0.29, 0.717) is 22.1 Å². The summed E-state index contributed by atoms with van der Waals surface area (Å²) in [5.41, 5.74) is 3.27. The first-order valence-electron chi connectivity index (χ1n) is 11.6. The molecule has 7 nitrogen and oxygen atoms in total. The molecule has 182 valence electrons. The first kappa shape index (κ1) is 23.7. The predicted octanol–water partition coefficient (Wildman–Crippen LogP) is 5.76. The highest BCUT2D eigenvalue weighted by molar-refractivity contribution is 7.22. The number of anilines is 1. The fraction of sp³-hybridized carbons (Fsp3) is 0.214. The highest BCUT2D eigenvalue weighted by atomic mass is 32.1. The fourth-order valence-corrected chi connectivity index (χ4v) is 5.53. The van der Waals surface area contributed by atoms with Crippen LogP contribution in [0.2, 0.25) is 0 Å². The molecule has 2 aromatic carbocycles. The zero-order valence-electron chi connectivity index (χ0n) is 20.4. The number of methoxy groups -OCH3 is 1. The normalized spacial score (nSPS) is 17.4. The number of rotatable bonds is 5. The van der Waals surface area contributed by atoms with Crippen LogP contribution in [0.1, 0.15) is 48.2 Å². The molecule has 1 unspecified atom stereocenters. The zero-order chi connectivity index (χ0) is 25.6. The number of benzene rings is 2. The molecule has 5 rings (SSSR count). The third-order valence-corrected chi connectivity index (χ3v) is 7.39. The van der Waals surface area contributed by atoms with Crippen LogP contribution in [0.25, 0.3) is 16.0 Å². The van der Waals surface area contributed by atoms with Crippen molar-refractivity contribution in [2.45, 2.75) is 32.7 Å². The number of amides is 1. The second-order valence-electron chi connectivity index (χ2n) is 8.95. The number of carbonyl (C=O) groups is 2. The number of ether oxygens (including phenoxy) is 1. The van der Waals surface area contributed by atoms with Gasteiger partial charge in [0.2, 0.25) is 0 Å². The van der Waals surface area contributed by atoms with Gasteiger partial charge in [-0.2, -0.15) is 0 Å². The Morgan fingerprint density at radius 1 is 1.11 bits per heavy atom. The quantitative estimate of drug-likeness (QED) is 0.213. The average Bonchev–Trinajstić information content (AvgIpc) is 3.42. The lowest BCUT2D eigenvalue weighted by Crippen LogP contribution is -2.29. The van der Waals surface area contributed by atoms with Crippen LogP contribution in [0.3, 0.4) is 0 Å². The summed E-state index contributed by atoms with van der Waals surface area (Å²) in [6.45, 7) is 5.88. The lowest BCUT2D eigenvalue weighted by Gasteiger charge is -2.22. The minimum Gasteiger partial charge on any atom is -0.507 e. The number of hydrogen-bond acceptors (Lipinski definition) is 7. The molecule has 36 heavy (non-hydrogen) atoms. The maximum absolute atomic E-state index is 13.5. The van der Waals surface area contributed by atoms with E-state index in [0.717, 1.165) is 21.3 Å². The molecule has 2 aromatic heterocycles. The SMILES string of the molecule is COc1cc(C)c(/C(O)=C2\C(=O)C(=O)N(c3nc4ccccc4s3)C2c2ccccn2)cc1C(C)C. The molecule has 0 aliphatic carbocycles. The Kier molecular flexibility index (Phi) is 6.05. The van der Waals surface area contributed by atoms with E-state index in [1.54, 1.807) is 31.5 Å². The van der Waals surface area contributed by atoms with Gasteiger partial charge in [0.25, 0.3) is 5.78 Å². The first-order valence-corrected chi connectivity index (χ1v) is 12.4. The van der Waals surface area contributed by atoms with Gasteiger partial charge in [0.05, 0.1) is 28.6 Å². The van der Waals surface area contributed by atoms with Crippen molar-refractivity contribution < 1.29 is 19.4 Å². The molecule has 1 fully saturated rings. The second kappa shape index (κ2) is 9.20. The van der Waals surface area contributed by atoms with Crippen molar-refractivity contribution in [3.8, 4) is 5.75 Å². The Morgan fingerprint density at radius 2 is 1.86 bits per heavy atom. The van der Waals surface area contributed by atoms with Gasteiger partial charge in [-0.3, -0.25) is 19.5 Å². The molecule has 1 aliphatic rings. The minimum atomic E-state index is -0.921. The van der Waals surface area contributed by atoms with Crippen molar-refractivity contribution in [3.05, 3.63) is 88.8 Å². The van der Waals surface area contributed by atoms with E-state index in [2.05, 4.69) is 9.97 Å². The van der Waals surface area contributed by atoms with Gasteiger partial charge >= 0.3 is 5.91 Å². The summed E-state index contributed by atoms with van der Waals surface area (Å²) >= 11 is 1.32. The number of fused-ring (bicyclic) bond motifs is 1. The van der Waals surface area contributed by atoms with Gasteiger partial charge in [0.1, 0.15) is 17.6 Å². The summed E-state index contributed by atoms with van der Waals surface area (Å²) < 4.78 is 6.43. The monoisotopic (exact) mass is 499 g/mol. The molecule has 0 saturated carbocycles. The van der Waals surface area contributed by atoms with Gasteiger partial charge in [0.15, 0.2) is 5.13 Å². The van der Waals surface area contributed by atoms with E-state index in [1.165, 1.54) is 16.2 Å². The predicted molar refractivity (Wildman–Crippen MR) is 140 cm³/mol. The molecular formula is C28H25N3O4S. The number of nitrogens with zero attached hydrogens (tertiary/aromatic N) is 3. The fourth-order valence-electron chi connectivity index (χ4n) is 4.54. The lowest BCUT2D eigenvalue weighted by atomic mass is 9.92. The van der Waals surface area contributed by atoms with Gasteiger partial charge in [-0.05, 0) is 60.4 Å². The van der Waals surface area contributed by atoms with Crippen LogP contribution in [0.15, 0.2) is 66.4 Å². The van der Waals surface area contributed by atoms with Crippen molar-refractivity contribution >= 4 is 44.1 Å². The number of thiazole rings is 1. The van der Waals surface area contributed by atoms with Gasteiger partial charge in [0, 0.05) is 11.8 Å². The number of ketones is 1. The molecule has 1 saturated heterocycles. The van der Waals surface area contributed by atoms with Gasteiger partial charge < -0.3 is 9.84 Å². The summed E-state index contributed by atoms with van der Waals surface area (Å²) in [5, 5.41) is 12.0. The third-order valence-electron chi connectivity index (χ3n) is 6.35. The molecule has 8 heteroatoms. The van der Waals surface area contributed by atoms with Crippen LogP contribution < -0.4 is 9.64 Å². The Bertz CT molecular complexity index is 1490. The molecule has 0 radical (unpaired) electrons. The summed E-state index contributed by atoms with van der Waals surface area (Å²) in [5.74, 6) is -0.945. The van der Waals surface area contributed by atoms with E-state index in [-0.39, 0.29) is 17.3 Å². The van der Waals surface area contributed by atoms with Crippen LogP contribution in [0, 0.1) is 6.92 Å². The molecular weight excluding hydrogens is 474 g/mol. The molecule has 0 spiro atoms. The maximum Gasteiger partial charge on any atom is 0.301 e. The van der Waals surface area contributed by atoms with E-state index >= 15 is 0 Å². The van der Waals surface area contributed by atoms with Crippen molar-refractivity contribution in [3.63, 3.8) is 0 Å². The number of aliphatic hydroxyl groups excluding tert-OH is 1. The van der Waals surface area contributed by atoms with Gasteiger partial charge in [-0.25, -0.2) is 4.98 Å². The van der Waals surface area contributed by atoms with Crippen molar-refractivity contribution in [1.29, 1.82) is 0 Å². The Morgan fingerprint density at radius 3 is 2.53 bits per heavy atom. The standard InChI is InChI=1S/C28H25N3O4S/c1-15(2)17-14-18(16(3)13-21(17)35-4)25(32)23-24(20-10-7-8-12-29-20)31(27(34)26(23)33)28-30-19-9-5-6-11-22(19)36-28/h5-15,24,32H,1-4H3/b25-23+. The first-order chi connectivity index (χ1) is 17.3. The second-order valence-corrected chi connectivity index (χ2v) is 9.96. The number of aliphatic hydroxyl groups is 1. The van der Waals surface area contributed by atoms with E-state index < -0.39 is 17.7 Å². The summed E-state index contributed by atoms with van der Waals surface area (Å²) in [4.78, 5) is 37.3. The van der Waals surface area contributed by atoms with Crippen LogP contribution in [0.4, 0.5) is 5.13 Å². The van der Waals surface area contributed by atoms with Crippen molar-refractivity contribution in [2.24, 2.45) is 0 Å². The molecule has 1 N–H and O–H groups in total. The smallest absolute Gasteiger partial charge is 0.301 e. The number of Topliss-reactive ketones (excluding diaryl/α,β-unsaturated/α-hetero) is 1. The molecule has 1 atom stereocenters. The third kappa shape index (κ3) is 3.83. The molecule has 4 aromatic rings. The molecule has 3 heterocycles. The summed E-state index contributed by atoms with van der Waals surface area (Å²) in [6, 6.07) is 15.6. The molecule has 1 amide bonds. The summed E-state index contributed by atoms with van der Waals surface area (Å²) in [6.07, 6.45) is 1.60. The maximum atomic E-state index is 13.5. The van der Waals surface area contributed by atoms with Gasteiger partial charge in [-0.15, -0.1) is 0 Å². The summed E-state index contributed by atoms with van der Waals surface area (Å²) in [7, 11) is 1.60. The van der Waals surface area contributed by atoms with E-state index in [1.807, 2.05) is 57.2 Å². The van der Waals surface area contributed by atoms with E-state index in [4.69, 9.17) is 4.74 Å². The van der Waals surface area contributed by atoms with Crippen LogP contribution in [-0.4, -0.2) is 33.9 Å². The number of pyridine rings is 1.